The minimum atomic E-state index is -0.595. The third-order valence-corrected chi connectivity index (χ3v) is 4.47. The van der Waals surface area contributed by atoms with Crippen LogP contribution in [0.1, 0.15) is 21.6 Å². The van der Waals surface area contributed by atoms with E-state index in [1.165, 1.54) is 7.11 Å². The summed E-state index contributed by atoms with van der Waals surface area (Å²) in [6.07, 6.45) is 0. The summed E-state index contributed by atoms with van der Waals surface area (Å²) in [5.41, 5.74) is 8.01. The number of aryl methyl sites for hydroxylation is 1. The number of halogens is 1. The predicted octanol–water partition coefficient (Wildman–Crippen LogP) is 3.88. The highest BCUT2D eigenvalue weighted by Gasteiger charge is 2.17. The molecule has 0 unspecified atom stereocenters. The van der Waals surface area contributed by atoms with Crippen LogP contribution in [-0.4, -0.2) is 18.0 Å². The number of carbonyl (C=O) groups excluding carboxylic acids is 1. The smallest absolute Gasteiger partial charge is 0.252 e. The molecule has 0 fully saturated rings. The lowest BCUT2D eigenvalue weighted by Gasteiger charge is -2.15. The molecule has 3 rings (SSSR count). The molecule has 6 heteroatoms. The van der Waals surface area contributed by atoms with Crippen molar-refractivity contribution in [3.05, 3.63) is 64.3 Å². The average molecular weight is 357 g/mol. The van der Waals surface area contributed by atoms with Crippen molar-refractivity contribution in [3.63, 3.8) is 0 Å². The largest absolute Gasteiger partial charge is 0.493 e. The standard InChI is InChI=1S/C19H17ClN2O3/c1-11-12-6-3-4-8-14(12)22-15(17(11)20)10-25-18-13(19(21)23)7-5-9-16(18)24-2/h3-9H,10H2,1-2H3,(H2,21,23). The van der Waals surface area contributed by atoms with Crippen molar-refractivity contribution in [2.75, 3.05) is 7.11 Å². The van der Waals surface area contributed by atoms with Crippen molar-refractivity contribution in [2.24, 2.45) is 5.73 Å². The number of hydrogen-bond acceptors (Lipinski definition) is 4. The van der Waals surface area contributed by atoms with Crippen LogP contribution in [0.5, 0.6) is 11.5 Å². The number of para-hydroxylation sites is 2. The number of pyridine rings is 1. The summed E-state index contributed by atoms with van der Waals surface area (Å²) >= 11 is 6.45. The van der Waals surface area contributed by atoms with E-state index in [1.807, 2.05) is 31.2 Å². The second-order valence-electron chi connectivity index (χ2n) is 5.50. The van der Waals surface area contributed by atoms with Crippen LogP contribution >= 0.6 is 11.6 Å². The lowest BCUT2D eigenvalue weighted by atomic mass is 10.1. The van der Waals surface area contributed by atoms with Crippen molar-refractivity contribution in [1.29, 1.82) is 0 Å². The van der Waals surface area contributed by atoms with Gasteiger partial charge < -0.3 is 15.2 Å². The number of nitrogens with zero attached hydrogens (tertiary/aromatic N) is 1. The normalized spacial score (nSPS) is 10.7. The van der Waals surface area contributed by atoms with Gasteiger partial charge in [0, 0.05) is 5.39 Å². The van der Waals surface area contributed by atoms with Crippen molar-refractivity contribution in [2.45, 2.75) is 13.5 Å². The molecule has 128 valence electrons. The van der Waals surface area contributed by atoms with Crippen LogP contribution in [0.3, 0.4) is 0 Å². The van der Waals surface area contributed by atoms with Gasteiger partial charge >= 0.3 is 0 Å². The Morgan fingerprint density at radius 3 is 2.68 bits per heavy atom. The molecular formula is C19H17ClN2O3. The molecule has 0 radical (unpaired) electrons. The quantitative estimate of drug-likeness (QED) is 0.752. The second-order valence-corrected chi connectivity index (χ2v) is 5.88. The number of aromatic nitrogens is 1. The van der Waals surface area contributed by atoms with E-state index in [0.29, 0.717) is 16.5 Å². The van der Waals surface area contributed by atoms with Crippen molar-refractivity contribution in [1.82, 2.24) is 4.98 Å². The summed E-state index contributed by atoms with van der Waals surface area (Å²) in [4.78, 5) is 16.2. The lowest BCUT2D eigenvalue weighted by molar-refractivity contribution is 0.0995. The minimum absolute atomic E-state index is 0.0885. The molecule has 0 saturated carbocycles. The number of primary amides is 1. The number of carbonyl (C=O) groups is 1. The van der Waals surface area contributed by atoms with E-state index in [4.69, 9.17) is 26.8 Å². The van der Waals surface area contributed by atoms with E-state index in [0.717, 1.165) is 16.5 Å². The fourth-order valence-corrected chi connectivity index (χ4v) is 2.87. The van der Waals surface area contributed by atoms with Crippen LogP contribution in [0.15, 0.2) is 42.5 Å². The molecule has 1 heterocycles. The number of fused-ring (bicyclic) bond motifs is 1. The molecule has 3 aromatic rings. The molecule has 0 saturated heterocycles. The zero-order chi connectivity index (χ0) is 18.0. The van der Waals surface area contributed by atoms with Gasteiger partial charge in [-0.3, -0.25) is 4.79 Å². The number of methoxy groups -OCH3 is 1. The van der Waals surface area contributed by atoms with Crippen molar-refractivity contribution in [3.8, 4) is 11.5 Å². The lowest BCUT2D eigenvalue weighted by Crippen LogP contribution is -2.14. The minimum Gasteiger partial charge on any atom is -0.493 e. The maximum absolute atomic E-state index is 11.6. The molecule has 0 aliphatic carbocycles. The first-order chi connectivity index (χ1) is 12.0. The molecule has 0 bridgehead atoms. The maximum atomic E-state index is 11.6. The molecule has 0 aliphatic rings. The Bertz CT molecular complexity index is 957. The fourth-order valence-electron chi connectivity index (χ4n) is 2.67. The summed E-state index contributed by atoms with van der Waals surface area (Å²) in [5.74, 6) is 0.105. The van der Waals surface area contributed by atoms with E-state index in [1.54, 1.807) is 18.2 Å². The first-order valence-corrected chi connectivity index (χ1v) is 8.04. The van der Waals surface area contributed by atoms with Gasteiger partial charge in [0.05, 0.1) is 28.9 Å². The summed E-state index contributed by atoms with van der Waals surface area (Å²) in [6, 6.07) is 12.7. The zero-order valence-electron chi connectivity index (χ0n) is 13.9. The van der Waals surface area contributed by atoms with E-state index in [2.05, 4.69) is 4.98 Å². The summed E-state index contributed by atoms with van der Waals surface area (Å²) in [6.45, 7) is 2.03. The van der Waals surface area contributed by atoms with Crippen LogP contribution in [0, 0.1) is 6.92 Å². The highest BCUT2D eigenvalue weighted by atomic mass is 35.5. The topological polar surface area (TPSA) is 74.4 Å². The van der Waals surface area contributed by atoms with Gasteiger partial charge in [-0.05, 0) is 30.7 Å². The molecule has 25 heavy (non-hydrogen) atoms. The van der Waals surface area contributed by atoms with Gasteiger partial charge in [0.2, 0.25) is 0 Å². The molecular weight excluding hydrogens is 340 g/mol. The number of rotatable bonds is 5. The highest BCUT2D eigenvalue weighted by Crippen LogP contribution is 2.33. The zero-order valence-corrected chi connectivity index (χ0v) is 14.6. The van der Waals surface area contributed by atoms with E-state index in [9.17, 15) is 4.79 Å². The Morgan fingerprint density at radius 2 is 1.96 bits per heavy atom. The second kappa shape index (κ2) is 6.99. The summed E-state index contributed by atoms with van der Waals surface area (Å²) in [5, 5.41) is 1.53. The predicted molar refractivity (Wildman–Crippen MR) is 97.3 cm³/mol. The van der Waals surface area contributed by atoms with Gasteiger partial charge in [-0.15, -0.1) is 0 Å². The number of amides is 1. The fraction of sp³-hybridized carbons (Fsp3) is 0.158. The maximum Gasteiger partial charge on any atom is 0.252 e. The summed E-state index contributed by atoms with van der Waals surface area (Å²) in [7, 11) is 1.50. The monoisotopic (exact) mass is 356 g/mol. The molecule has 2 N–H and O–H groups in total. The first kappa shape index (κ1) is 17.0. The Hall–Kier alpha value is -2.79. The summed E-state index contributed by atoms with van der Waals surface area (Å²) < 4.78 is 11.1. The first-order valence-electron chi connectivity index (χ1n) is 7.66. The highest BCUT2D eigenvalue weighted by molar-refractivity contribution is 6.32. The van der Waals surface area contributed by atoms with Gasteiger partial charge in [-0.25, -0.2) is 4.98 Å². The van der Waals surface area contributed by atoms with E-state index < -0.39 is 5.91 Å². The van der Waals surface area contributed by atoms with Crippen LogP contribution in [0.4, 0.5) is 0 Å². The molecule has 1 aromatic heterocycles. The number of hydrogen-bond donors (Lipinski definition) is 1. The molecule has 0 aliphatic heterocycles. The van der Waals surface area contributed by atoms with Crippen molar-refractivity contribution < 1.29 is 14.3 Å². The SMILES string of the molecule is COc1cccc(C(N)=O)c1OCc1nc2ccccc2c(C)c1Cl. The Labute approximate surface area is 150 Å². The van der Waals surface area contributed by atoms with Crippen LogP contribution in [-0.2, 0) is 6.61 Å². The van der Waals surface area contributed by atoms with Crippen LogP contribution < -0.4 is 15.2 Å². The van der Waals surface area contributed by atoms with Crippen molar-refractivity contribution >= 4 is 28.4 Å². The van der Waals surface area contributed by atoms with Crippen LogP contribution in [0.25, 0.3) is 10.9 Å². The average Bonchev–Trinajstić information content (AvgIpc) is 2.63. The number of nitrogens with two attached hydrogens (primary N) is 1. The van der Waals surface area contributed by atoms with Gasteiger partial charge in [0.15, 0.2) is 11.5 Å². The molecule has 0 spiro atoms. The Balaban J connectivity index is 1.99. The third-order valence-electron chi connectivity index (χ3n) is 3.96. The molecule has 5 nitrogen and oxygen atoms in total. The molecule has 0 atom stereocenters. The number of benzene rings is 2. The Morgan fingerprint density at radius 1 is 1.20 bits per heavy atom. The van der Waals surface area contributed by atoms with E-state index in [-0.39, 0.29) is 17.9 Å². The van der Waals surface area contributed by atoms with E-state index >= 15 is 0 Å². The number of ether oxygens (including phenoxy) is 2. The molecule has 1 amide bonds. The van der Waals surface area contributed by atoms with Crippen LogP contribution in [0.2, 0.25) is 5.02 Å². The van der Waals surface area contributed by atoms with Gasteiger partial charge in [0.1, 0.15) is 6.61 Å². The van der Waals surface area contributed by atoms with Gasteiger partial charge in [0.25, 0.3) is 5.91 Å². The third kappa shape index (κ3) is 3.23. The Kier molecular flexibility index (Phi) is 4.76. The molecule has 2 aromatic carbocycles. The van der Waals surface area contributed by atoms with Gasteiger partial charge in [-0.2, -0.15) is 0 Å². The van der Waals surface area contributed by atoms with Gasteiger partial charge in [-0.1, -0.05) is 35.9 Å².